The molecule has 26 heavy (non-hydrogen) atoms. The number of amides is 3. The number of carbonyl (C=O) groups excluding carboxylic acids is 4. The molecule has 1 atom stereocenters. The van der Waals surface area contributed by atoms with Crippen LogP contribution >= 0.6 is 11.3 Å². The first-order valence-corrected chi connectivity index (χ1v) is 9.09. The highest BCUT2D eigenvalue weighted by atomic mass is 32.1. The van der Waals surface area contributed by atoms with E-state index in [-0.39, 0.29) is 24.1 Å². The summed E-state index contributed by atoms with van der Waals surface area (Å²) in [5, 5.41) is 8.52. The smallest absolute Gasteiger partial charge is 0.242 e. The summed E-state index contributed by atoms with van der Waals surface area (Å²) in [7, 11) is 0. The number of anilines is 1. The first-order valence-electron chi connectivity index (χ1n) is 8.28. The van der Waals surface area contributed by atoms with Gasteiger partial charge in [-0.3, -0.25) is 19.2 Å². The van der Waals surface area contributed by atoms with Crippen LogP contribution in [0.2, 0.25) is 0 Å². The van der Waals surface area contributed by atoms with E-state index in [1.54, 1.807) is 18.2 Å². The highest BCUT2D eigenvalue weighted by molar-refractivity contribution is 7.22. The van der Waals surface area contributed by atoms with Gasteiger partial charge in [-0.25, -0.2) is 4.98 Å². The van der Waals surface area contributed by atoms with Crippen LogP contribution in [0.1, 0.15) is 36.0 Å². The number of carbonyl (C=O) groups is 4. The van der Waals surface area contributed by atoms with Gasteiger partial charge in [0, 0.05) is 24.9 Å². The molecule has 136 valence electrons. The molecule has 0 saturated carbocycles. The summed E-state index contributed by atoms with van der Waals surface area (Å²) in [5.41, 5.74) is 1.29. The maximum atomic E-state index is 12.0. The Hall–Kier alpha value is -2.81. The molecule has 1 fully saturated rings. The van der Waals surface area contributed by atoms with E-state index in [2.05, 4.69) is 20.9 Å². The van der Waals surface area contributed by atoms with Gasteiger partial charge in [-0.05, 0) is 31.0 Å². The summed E-state index contributed by atoms with van der Waals surface area (Å²) in [5.74, 6) is -0.517. The summed E-state index contributed by atoms with van der Waals surface area (Å²) >= 11 is 1.30. The molecule has 2 heterocycles. The molecule has 1 aliphatic rings. The average molecular weight is 374 g/mol. The van der Waals surface area contributed by atoms with Crippen LogP contribution in [0.15, 0.2) is 18.2 Å². The predicted molar refractivity (Wildman–Crippen MR) is 97.0 cm³/mol. The van der Waals surface area contributed by atoms with Crippen molar-refractivity contribution in [2.24, 2.45) is 0 Å². The second kappa shape index (κ2) is 8.05. The number of rotatable bonds is 7. The molecule has 8 nitrogen and oxygen atoms in total. The van der Waals surface area contributed by atoms with E-state index >= 15 is 0 Å². The lowest BCUT2D eigenvalue weighted by Gasteiger charge is -2.10. The van der Waals surface area contributed by atoms with Crippen LogP contribution in [0.3, 0.4) is 0 Å². The van der Waals surface area contributed by atoms with Gasteiger partial charge in [0.05, 0.1) is 10.2 Å². The van der Waals surface area contributed by atoms with Crippen molar-refractivity contribution >= 4 is 50.7 Å². The van der Waals surface area contributed by atoms with Gasteiger partial charge in [0.2, 0.25) is 17.7 Å². The van der Waals surface area contributed by atoms with Crippen LogP contribution in [0.25, 0.3) is 10.2 Å². The highest BCUT2D eigenvalue weighted by Crippen LogP contribution is 2.26. The molecule has 0 bridgehead atoms. The molecule has 1 saturated heterocycles. The Morgan fingerprint density at radius 1 is 1.38 bits per heavy atom. The van der Waals surface area contributed by atoms with Gasteiger partial charge in [-0.15, -0.1) is 0 Å². The molecule has 3 rings (SSSR count). The maximum Gasteiger partial charge on any atom is 0.242 e. The molecule has 0 spiro atoms. The number of nitrogens with one attached hydrogen (secondary N) is 3. The van der Waals surface area contributed by atoms with Crippen molar-refractivity contribution in [3.8, 4) is 0 Å². The summed E-state index contributed by atoms with van der Waals surface area (Å²) in [4.78, 5) is 50.0. The van der Waals surface area contributed by atoms with E-state index < -0.39 is 6.04 Å². The van der Waals surface area contributed by atoms with E-state index in [0.717, 1.165) is 16.5 Å². The molecule has 1 aromatic carbocycles. The quantitative estimate of drug-likeness (QED) is 0.498. The Kier molecular flexibility index (Phi) is 5.57. The van der Waals surface area contributed by atoms with Crippen molar-refractivity contribution in [1.29, 1.82) is 0 Å². The third kappa shape index (κ3) is 4.42. The normalized spacial score (nSPS) is 16.3. The molecule has 1 aromatic heterocycles. The Balaban J connectivity index is 1.42. The molecular formula is C17H18N4O4S. The molecule has 3 N–H and O–H groups in total. The van der Waals surface area contributed by atoms with Crippen molar-refractivity contribution < 1.29 is 19.2 Å². The van der Waals surface area contributed by atoms with Crippen molar-refractivity contribution in [3.05, 3.63) is 23.8 Å². The standard InChI is InChI=1S/C17H18N4O4S/c22-9-10-3-4-11-13(8-10)26-17(20-11)21-14(23)2-1-7-18-16(25)12-5-6-15(24)19-12/h3-4,8-9,12H,1-2,5-7H2,(H,18,25)(H,19,24)(H,20,21,23)/t12-/m1/s1. The van der Waals surface area contributed by atoms with Crippen LogP contribution in [0, 0.1) is 0 Å². The Morgan fingerprint density at radius 3 is 2.96 bits per heavy atom. The zero-order valence-corrected chi connectivity index (χ0v) is 14.7. The topological polar surface area (TPSA) is 117 Å². The van der Waals surface area contributed by atoms with Crippen LogP contribution in [0.5, 0.6) is 0 Å². The van der Waals surface area contributed by atoms with E-state index in [0.29, 0.717) is 36.5 Å². The highest BCUT2D eigenvalue weighted by Gasteiger charge is 2.26. The lowest BCUT2D eigenvalue weighted by atomic mass is 10.2. The molecule has 3 amide bonds. The zero-order valence-electron chi connectivity index (χ0n) is 13.9. The summed E-state index contributed by atoms with van der Waals surface area (Å²) in [6, 6.07) is 4.68. The second-order valence-corrected chi connectivity index (χ2v) is 7.00. The Morgan fingerprint density at radius 2 is 2.23 bits per heavy atom. The number of thiazole rings is 1. The van der Waals surface area contributed by atoms with Crippen LogP contribution in [0.4, 0.5) is 5.13 Å². The number of fused-ring (bicyclic) bond motifs is 1. The summed E-state index contributed by atoms with van der Waals surface area (Å²) in [6.45, 7) is 0.362. The summed E-state index contributed by atoms with van der Waals surface area (Å²) in [6.07, 6.45) is 2.37. The fraction of sp³-hybridized carbons (Fsp3) is 0.353. The summed E-state index contributed by atoms with van der Waals surface area (Å²) < 4.78 is 0.829. The van der Waals surface area contributed by atoms with Crippen LogP contribution < -0.4 is 16.0 Å². The third-order valence-corrected chi connectivity index (χ3v) is 4.92. The van der Waals surface area contributed by atoms with E-state index in [1.165, 1.54) is 11.3 Å². The molecule has 0 unspecified atom stereocenters. The van der Waals surface area contributed by atoms with Crippen molar-refractivity contribution in [3.63, 3.8) is 0 Å². The van der Waals surface area contributed by atoms with Gasteiger partial charge in [0.15, 0.2) is 5.13 Å². The van der Waals surface area contributed by atoms with Crippen LogP contribution in [-0.2, 0) is 14.4 Å². The maximum absolute atomic E-state index is 12.0. The van der Waals surface area contributed by atoms with E-state index in [1.807, 2.05) is 0 Å². The zero-order chi connectivity index (χ0) is 18.5. The first kappa shape index (κ1) is 18.0. The monoisotopic (exact) mass is 374 g/mol. The van der Waals surface area contributed by atoms with E-state index in [4.69, 9.17) is 0 Å². The number of hydrogen-bond acceptors (Lipinski definition) is 6. The van der Waals surface area contributed by atoms with Crippen molar-refractivity contribution in [2.75, 3.05) is 11.9 Å². The molecule has 9 heteroatoms. The number of nitrogens with zero attached hydrogens (tertiary/aromatic N) is 1. The fourth-order valence-corrected chi connectivity index (χ4v) is 3.57. The van der Waals surface area contributed by atoms with E-state index in [9.17, 15) is 19.2 Å². The van der Waals surface area contributed by atoms with Gasteiger partial charge >= 0.3 is 0 Å². The molecule has 0 aliphatic carbocycles. The average Bonchev–Trinajstić information content (AvgIpc) is 3.23. The molecular weight excluding hydrogens is 356 g/mol. The SMILES string of the molecule is O=Cc1ccc2nc(NC(=O)CCCNC(=O)[C@H]3CCC(=O)N3)sc2c1. The number of benzene rings is 1. The predicted octanol–water partition coefficient (Wildman–Crippen LogP) is 1.22. The molecule has 0 radical (unpaired) electrons. The van der Waals surface area contributed by atoms with Crippen molar-refractivity contribution in [1.82, 2.24) is 15.6 Å². The Bertz CT molecular complexity index is 864. The van der Waals surface area contributed by atoms with Gasteiger partial charge in [-0.2, -0.15) is 0 Å². The number of aromatic nitrogens is 1. The number of aldehydes is 1. The lowest BCUT2D eigenvalue weighted by molar-refractivity contribution is -0.125. The largest absolute Gasteiger partial charge is 0.354 e. The third-order valence-electron chi connectivity index (χ3n) is 3.99. The minimum atomic E-state index is -0.463. The minimum Gasteiger partial charge on any atom is -0.354 e. The number of hydrogen-bond donors (Lipinski definition) is 3. The van der Waals surface area contributed by atoms with Gasteiger partial charge in [0.25, 0.3) is 0 Å². The van der Waals surface area contributed by atoms with Gasteiger partial charge < -0.3 is 16.0 Å². The lowest BCUT2D eigenvalue weighted by Crippen LogP contribution is -2.42. The second-order valence-electron chi connectivity index (χ2n) is 5.97. The van der Waals surface area contributed by atoms with Crippen molar-refractivity contribution in [2.45, 2.75) is 31.7 Å². The first-order chi connectivity index (χ1) is 12.5. The fourth-order valence-electron chi connectivity index (χ4n) is 2.64. The molecule has 2 aromatic rings. The van der Waals surface area contributed by atoms with Crippen LogP contribution in [-0.4, -0.2) is 41.6 Å². The minimum absolute atomic E-state index is 0.111. The van der Waals surface area contributed by atoms with Gasteiger partial charge in [0.1, 0.15) is 12.3 Å². The Labute approximate surface area is 153 Å². The van der Waals surface area contributed by atoms with Gasteiger partial charge in [-0.1, -0.05) is 11.3 Å². The molecule has 1 aliphatic heterocycles.